The van der Waals surface area contributed by atoms with Gasteiger partial charge in [-0.2, -0.15) is 22.0 Å². The van der Waals surface area contributed by atoms with Gasteiger partial charge in [0.1, 0.15) is 0 Å². The van der Waals surface area contributed by atoms with E-state index in [1.54, 1.807) is 0 Å². The maximum Gasteiger partial charge on any atom is 0.446 e. The van der Waals surface area contributed by atoms with Crippen LogP contribution in [-0.4, -0.2) is 17.3 Å². The van der Waals surface area contributed by atoms with Gasteiger partial charge in [0.15, 0.2) is 0 Å². The Hall–Kier alpha value is -1.14. The minimum absolute atomic E-state index is 2.58. The third kappa shape index (κ3) is 2.52. The fourth-order valence-electron chi connectivity index (χ4n) is 0.218. The summed E-state index contributed by atoms with van der Waals surface area (Å²) in [6, 6.07) is 0. The minimum atomic E-state index is -5.58. The first-order chi connectivity index (χ1) is 4.76. The monoisotopic (exact) mass is 176 g/mol. The lowest BCUT2D eigenvalue weighted by Gasteiger charge is -2.01. The number of carboxylic acid groups (broad SMARTS) is 1. The molecule has 0 amide bonds. The molecule has 0 aromatic rings. The van der Waals surface area contributed by atoms with Gasteiger partial charge < -0.3 is 5.11 Å². The number of carboxylic acids is 1. The van der Waals surface area contributed by atoms with Crippen LogP contribution in [0.15, 0.2) is 11.7 Å². The Bertz CT molecular complexity index is 203. The van der Waals surface area contributed by atoms with E-state index < -0.39 is 23.8 Å². The second kappa shape index (κ2) is 2.85. The summed E-state index contributed by atoms with van der Waals surface area (Å²) in [7, 11) is 0. The van der Waals surface area contributed by atoms with Crippen molar-refractivity contribution >= 4 is 5.97 Å². The summed E-state index contributed by atoms with van der Waals surface area (Å²) >= 11 is 0. The molecule has 11 heavy (non-hydrogen) atoms. The van der Waals surface area contributed by atoms with Crippen LogP contribution in [0.3, 0.4) is 0 Å². The van der Waals surface area contributed by atoms with Gasteiger partial charge in [0.05, 0.1) is 0 Å². The van der Waals surface area contributed by atoms with Gasteiger partial charge in [-0.1, -0.05) is 0 Å². The predicted octanol–water partition coefficient (Wildman–Crippen LogP) is 1.78. The zero-order valence-corrected chi connectivity index (χ0v) is 4.75. The summed E-state index contributed by atoms with van der Waals surface area (Å²) in [6.45, 7) is 0. The fraction of sp³-hybridized carbons (Fsp3) is 0.250. The molecule has 0 rings (SSSR count). The fourth-order valence-corrected chi connectivity index (χ4v) is 0.218. The van der Waals surface area contributed by atoms with E-state index in [9.17, 15) is 26.7 Å². The molecule has 0 bridgehead atoms. The van der Waals surface area contributed by atoms with Crippen LogP contribution in [0.25, 0.3) is 0 Å². The minimum Gasteiger partial charge on any atom is -0.476 e. The molecule has 2 nitrogen and oxygen atoms in total. The molecule has 0 saturated carbocycles. The van der Waals surface area contributed by atoms with E-state index in [1.807, 2.05) is 0 Å². The Morgan fingerprint density at radius 1 is 1.18 bits per heavy atom. The molecule has 7 heteroatoms. The average molecular weight is 176 g/mol. The van der Waals surface area contributed by atoms with Crippen molar-refractivity contribution in [3.63, 3.8) is 0 Å². The van der Waals surface area contributed by atoms with E-state index in [0.29, 0.717) is 0 Å². The number of halogens is 5. The number of rotatable bonds is 1. The van der Waals surface area contributed by atoms with Crippen molar-refractivity contribution in [1.82, 2.24) is 0 Å². The number of aliphatic carboxylic acids is 1. The molecule has 0 aliphatic carbocycles. The highest BCUT2D eigenvalue weighted by Crippen LogP contribution is 2.29. The molecule has 0 radical (unpaired) electrons. The van der Waals surface area contributed by atoms with E-state index in [-0.39, 0.29) is 0 Å². The first-order valence-corrected chi connectivity index (χ1v) is 2.12. The van der Waals surface area contributed by atoms with Crippen molar-refractivity contribution in [2.24, 2.45) is 0 Å². The van der Waals surface area contributed by atoms with Crippen LogP contribution in [0, 0.1) is 0 Å². The molecule has 0 aliphatic heterocycles. The van der Waals surface area contributed by atoms with Crippen molar-refractivity contribution in [2.45, 2.75) is 6.18 Å². The molecule has 0 aromatic heterocycles. The highest BCUT2D eigenvalue weighted by molar-refractivity contribution is 5.84. The number of allylic oxidation sites excluding steroid dienone is 1. The van der Waals surface area contributed by atoms with Crippen LogP contribution in [0.4, 0.5) is 22.0 Å². The second-order valence-corrected chi connectivity index (χ2v) is 1.43. The zero-order valence-electron chi connectivity index (χ0n) is 4.75. The highest BCUT2D eigenvalue weighted by Gasteiger charge is 2.40. The van der Waals surface area contributed by atoms with E-state index >= 15 is 0 Å². The number of alkyl halides is 3. The molecule has 0 atom stereocenters. The number of carbonyl (C=O) groups is 1. The second-order valence-electron chi connectivity index (χ2n) is 1.43. The van der Waals surface area contributed by atoms with E-state index in [4.69, 9.17) is 5.11 Å². The molecule has 64 valence electrons. The Kier molecular flexibility index (Phi) is 2.55. The summed E-state index contributed by atoms with van der Waals surface area (Å²) < 4.78 is 56.5. The van der Waals surface area contributed by atoms with Crippen molar-refractivity contribution in [2.75, 3.05) is 0 Å². The largest absolute Gasteiger partial charge is 0.476 e. The lowest BCUT2D eigenvalue weighted by molar-refractivity contribution is -0.138. The maximum absolute atomic E-state index is 11.6. The summed E-state index contributed by atoms with van der Waals surface area (Å²) in [5.41, 5.74) is 0. The SMILES string of the molecule is O=C(O)C(F)=C(F)C(F)(F)F. The average Bonchev–Trinajstić information content (AvgIpc) is 1.82. The molecule has 0 unspecified atom stereocenters. The lowest BCUT2D eigenvalue weighted by Crippen LogP contribution is -2.12. The van der Waals surface area contributed by atoms with Crippen LogP contribution >= 0.6 is 0 Å². The first-order valence-electron chi connectivity index (χ1n) is 2.12. The van der Waals surface area contributed by atoms with Gasteiger partial charge in [-0.05, 0) is 0 Å². The van der Waals surface area contributed by atoms with Gasteiger partial charge in [0.2, 0.25) is 11.7 Å². The Morgan fingerprint density at radius 2 is 1.55 bits per heavy atom. The van der Waals surface area contributed by atoms with Crippen LogP contribution < -0.4 is 0 Å². The van der Waals surface area contributed by atoms with Crippen molar-refractivity contribution in [3.8, 4) is 0 Å². The van der Waals surface area contributed by atoms with E-state index in [0.717, 1.165) is 0 Å². The van der Waals surface area contributed by atoms with E-state index in [2.05, 4.69) is 0 Å². The topological polar surface area (TPSA) is 37.3 Å². The summed E-state index contributed by atoms with van der Waals surface area (Å²) in [5, 5.41) is 7.54. The quantitative estimate of drug-likeness (QED) is 0.488. The van der Waals surface area contributed by atoms with Crippen LogP contribution in [0.2, 0.25) is 0 Å². The van der Waals surface area contributed by atoms with Gasteiger partial charge in [-0.25, -0.2) is 4.79 Å². The smallest absolute Gasteiger partial charge is 0.446 e. The number of hydrogen-bond donors (Lipinski definition) is 1. The summed E-state index contributed by atoms with van der Waals surface area (Å²) in [5.74, 6) is -8.65. The van der Waals surface area contributed by atoms with Crippen molar-refractivity contribution in [3.05, 3.63) is 11.7 Å². The van der Waals surface area contributed by atoms with Gasteiger partial charge >= 0.3 is 12.1 Å². The first kappa shape index (κ1) is 9.86. The molecule has 0 saturated heterocycles. The van der Waals surface area contributed by atoms with Gasteiger partial charge in [-0.3, -0.25) is 0 Å². The standard InChI is InChI=1S/C4HF5O2/c5-1(3(10)11)2(6)4(7,8)9/h(H,10,11). The molecule has 0 spiro atoms. The third-order valence-corrected chi connectivity index (χ3v) is 0.629. The Balaban J connectivity index is 4.82. The highest BCUT2D eigenvalue weighted by atomic mass is 19.4. The summed E-state index contributed by atoms with van der Waals surface area (Å²) in [6.07, 6.45) is -5.58. The van der Waals surface area contributed by atoms with Gasteiger partial charge in [-0.15, -0.1) is 0 Å². The molecule has 0 heterocycles. The predicted molar refractivity (Wildman–Crippen MR) is 22.9 cm³/mol. The Labute approximate surface area is 56.9 Å². The van der Waals surface area contributed by atoms with Crippen LogP contribution in [0.5, 0.6) is 0 Å². The van der Waals surface area contributed by atoms with Gasteiger partial charge in [0, 0.05) is 0 Å². The zero-order chi connectivity index (χ0) is 9.23. The lowest BCUT2D eigenvalue weighted by atomic mass is 10.4. The molecule has 0 aromatic carbocycles. The normalized spacial score (nSPS) is 14.3. The Morgan fingerprint density at radius 3 is 1.64 bits per heavy atom. The maximum atomic E-state index is 11.6. The molecule has 0 aliphatic rings. The van der Waals surface area contributed by atoms with Crippen molar-refractivity contribution in [1.29, 1.82) is 0 Å². The molecular formula is C4HF5O2. The van der Waals surface area contributed by atoms with Gasteiger partial charge in [0.25, 0.3) is 0 Å². The molecular weight excluding hydrogens is 175 g/mol. The third-order valence-electron chi connectivity index (χ3n) is 0.629. The van der Waals surface area contributed by atoms with Crippen molar-refractivity contribution < 1.29 is 31.9 Å². The van der Waals surface area contributed by atoms with Crippen LogP contribution in [0.1, 0.15) is 0 Å². The van der Waals surface area contributed by atoms with E-state index in [1.165, 1.54) is 0 Å². The number of hydrogen-bond acceptors (Lipinski definition) is 1. The summed E-state index contributed by atoms with van der Waals surface area (Å²) in [4.78, 5) is 9.41. The molecule has 1 N–H and O–H groups in total. The van der Waals surface area contributed by atoms with Crippen LogP contribution in [-0.2, 0) is 4.79 Å². The molecule has 0 fully saturated rings.